The second kappa shape index (κ2) is 8.84. The van der Waals surface area contributed by atoms with E-state index >= 15 is 0 Å². The molecule has 0 spiro atoms. The third kappa shape index (κ3) is 5.52. The highest BCUT2D eigenvalue weighted by atomic mass is 16.2. The van der Waals surface area contributed by atoms with Crippen molar-refractivity contribution in [2.45, 2.75) is 26.3 Å². The maximum Gasteiger partial charge on any atom is 0.238 e. The normalized spacial score (nSPS) is 11.6. The molecule has 0 bridgehead atoms. The van der Waals surface area contributed by atoms with Gasteiger partial charge in [0.25, 0.3) is 0 Å². The molecule has 5 heteroatoms. The van der Waals surface area contributed by atoms with Crippen LogP contribution in [-0.2, 0) is 9.59 Å². The third-order valence-electron chi connectivity index (χ3n) is 3.62. The van der Waals surface area contributed by atoms with E-state index in [9.17, 15) is 9.59 Å². The average molecular weight is 325 g/mol. The smallest absolute Gasteiger partial charge is 0.238 e. The number of amides is 2. The zero-order valence-corrected chi connectivity index (χ0v) is 14.0. The van der Waals surface area contributed by atoms with Crippen LogP contribution in [-0.4, -0.2) is 18.4 Å². The van der Waals surface area contributed by atoms with Crippen molar-refractivity contribution in [3.8, 4) is 0 Å². The van der Waals surface area contributed by atoms with Crippen LogP contribution in [0.4, 0.5) is 11.4 Å². The zero-order chi connectivity index (χ0) is 17.4. The van der Waals surface area contributed by atoms with E-state index in [4.69, 9.17) is 0 Å². The van der Waals surface area contributed by atoms with Crippen LogP contribution in [0, 0.1) is 0 Å². The second-order valence-electron chi connectivity index (χ2n) is 5.54. The molecule has 3 N–H and O–H groups in total. The Bertz CT molecular complexity index is 686. The van der Waals surface area contributed by atoms with Crippen molar-refractivity contribution in [1.82, 2.24) is 5.32 Å². The van der Waals surface area contributed by atoms with Gasteiger partial charge in [0.05, 0.1) is 6.54 Å². The molecule has 5 nitrogen and oxygen atoms in total. The summed E-state index contributed by atoms with van der Waals surface area (Å²) in [4.78, 5) is 23.5. The van der Waals surface area contributed by atoms with Gasteiger partial charge in [0.15, 0.2) is 0 Å². The quantitative estimate of drug-likeness (QED) is 0.731. The molecular formula is C19H23N3O2. The molecule has 0 heterocycles. The van der Waals surface area contributed by atoms with Crippen molar-refractivity contribution in [2.24, 2.45) is 0 Å². The summed E-state index contributed by atoms with van der Waals surface area (Å²) in [5.74, 6) is -0.187. The van der Waals surface area contributed by atoms with Crippen molar-refractivity contribution >= 4 is 23.2 Å². The Kier molecular flexibility index (Phi) is 6.51. The van der Waals surface area contributed by atoms with Gasteiger partial charge in [0.1, 0.15) is 0 Å². The Balaban J connectivity index is 1.86. The van der Waals surface area contributed by atoms with Crippen molar-refractivity contribution in [3.63, 3.8) is 0 Å². The second-order valence-corrected chi connectivity index (χ2v) is 5.54. The minimum absolute atomic E-state index is 0.0585. The molecule has 0 aliphatic heterocycles. The number of hydrogen-bond donors (Lipinski definition) is 3. The Morgan fingerprint density at radius 2 is 1.54 bits per heavy atom. The lowest BCUT2D eigenvalue weighted by Crippen LogP contribution is -2.30. The van der Waals surface area contributed by atoms with Gasteiger partial charge >= 0.3 is 0 Å². The number of rotatable bonds is 7. The number of anilines is 2. The van der Waals surface area contributed by atoms with Crippen LogP contribution in [0.3, 0.4) is 0 Å². The van der Waals surface area contributed by atoms with E-state index in [0.717, 1.165) is 5.56 Å². The first kappa shape index (κ1) is 17.7. The molecule has 0 aliphatic carbocycles. The molecule has 0 fully saturated rings. The van der Waals surface area contributed by atoms with Gasteiger partial charge in [0, 0.05) is 23.8 Å². The van der Waals surface area contributed by atoms with E-state index in [0.29, 0.717) is 17.8 Å². The maximum atomic E-state index is 12.1. The lowest BCUT2D eigenvalue weighted by atomic mass is 10.1. The predicted molar refractivity (Wildman–Crippen MR) is 96.9 cm³/mol. The van der Waals surface area contributed by atoms with Crippen LogP contribution in [0.1, 0.15) is 31.9 Å². The van der Waals surface area contributed by atoms with Crippen LogP contribution in [0.15, 0.2) is 54.6 Å². The molecule has 2 amide bonds. The van der Waals surface area contributed by atoms with Crippen LogP contribution in [0.2, 0.25) is 0 Å². The average Bonchev–Trinajstić information content (AvgIpc) is 2.60. The minimum Gasteiger partial charge on any atom is -0.326 e. The number of carbonyl (C=O) groups is 2. The molecule has 2 aromatic rings. The first-order valence-corrected chi connectivity index (χ1v) is 8.06. The van der Waals surface area contributed by atoms with E-state index in [1.807, 2.05) is 37.3 Å². The topological polar surface area (TPSA) is 70.2 Å². The molecule has 1 atom stereocenters. The van der Waals surface area contributed by atoms with E-state index in [1.165, 1.54) is 0 Å². The van der Waals surface area contributed by atoms with Gasteiger partial charge in [0.2, 0.25) is 11.8 Å². The Hall–Kier alpha value is -2.66. The summed E-state index contributed by atoms with van der Waals surface area (Å²) in [7, 11) is 0. The Labute approximate surface area is 142 Å². The zero-order valence-electron chi connectivity index (χ0n) is 14.0. The van der Waals surface area contributed by atoms with Crippen molar-refractivity contribution in [2.75, 3.05) is 17.2 Å². The van der Waals surface area contributed by atoms with Crippen LogP contribution >= 0.6 is 0 Å². The number of hydrogen-bond acceptors (Lipinski definition) is 3. The number of nitrogens with one attached hydrogen (secondary N) is 3. The maximum absolute atomic E-state index is 12.1. The molecule has 0 radical (unpaired) electrons. The summed E-state index contributed by atoms with van der Waals surface area (Å²) in [6, 6.07) is 17.2. The van der Waals surface area contributed by atoms with Gasteiger partial charge in [-0.1, -0.05) is 43.3 Å². The van der Waals surface area contributed by atoms with Gasteiger partial charge in [-0.25, -0.2) is 0 Å². The summed E-state index contributed by atoms with van der Waals surface area (Å²) in [6.07, 6.45) is 0.415. The summed E-state index contributed by atoms with van der Waals surface area (Å²) in [5.41, 5.74) is 2.46. The molecule has 24 heavy (non-hydrogen) atoms. The molecule has 2 aromatic carbocycles. The standard InChI is InChI=1S/C19H23N3O2/c1-3-18(23)21-16-10-7-11-17(12-16)22-19(24)13-20-14(2)15-8-5-4-6-9-15/h4-12,14,20H,3,13H2,1-2H3,(H,21,23)(H,22,24). The molecule has 1 unspecified atom stereocenters. The molecule has 0 aromatic heterocycles. The van der Waals surface area contributed by atoms with Crippen LogP contribution in [0.5, 0.6) is 0 Å². The highest BCUT2D eigenvalue weighted by molar-refractivity contribution is 5.94. The fourth-order valence-electron chi connectivity index (χ4n) is 2.23. The summed E-state index contributed by atoms with van der Waals surface area (Å²) >= 11 is 0. The summed E-state index contributed by atoms with van der Waals surface area (Å²) < 4.78 is 0. The number of benzene rings is 2. The van der Waals surface area contributed by atoms with Crippen LogP contribution < -0.4 is 16.0 Å². The SMILES string of the molecule is CCC(=O)Nc1cccc(NC(=O)CNC(C)c2ccccc2)c1. The highest BCUT2D eigenvalue weighted by Crippen LogP contribution is 2.15. The van der Waals surface area contributed by atoms with Crippen LogP contribution in [0.25, 0.3) is 0 Å². The monoisotopic (exact) mass is 325 g/mol. The summed E-state index contributed by atoms with van der Waals surface area (Å²) in [6.45, 7) is 4.02. The van der Waals surface area contributed by atoms with E-state index < -0.39 is 0 Å². The van der Waals surface area contributed by atoms with E-state index in [1.54, 1.807) is 31.2 Å². The minimum atomic E-state index is -0.128. The molecule has 126 valence electrons. The highest BCUT2D eigenvalue weighted by Gasteiger charge is 2.08. The van der Waals surface area contributed by atoms with Crippen molar-refractivity contribution < 1.29 is 9.59 Å². The first-order valence-electron chi connectivity index (χ1n) is 8.06. The fraction of sp³-hybridized carbons (Fsp3) is 0.263. The molecule has 0 aliphatic rings. The predicted octanol–water partition coefficient (Wildman–Crippen LogP) is 3.32. The van der Waals surface area contributed by atoms with Crippen molar-refractivity contribution in [3.05, 3.63) is 60.2 Å². The molecule has 0 saturated heterocycles. The van der Waals surface area contributed by atoms with Gasteiger partial charge in [-0.15, -0.1) is 0 Å². The first-order chi connectivity index (χ1) is 11.6. The lowest BCUT2D eigenvalue weighted by Gasteiger charge is -2.14. The number of carbonyl (C=O) groups excluding carboxylic acids is 2. The van der Waals surface area contributed by atoms with E-state index in [2.05, 4.69) is 16.0 Å². The van der Waals surface area contributed by atoms with Gasteiger partial charge in [-0.05, 0) is 30.7 Å². The van der Waals surface area contributed by atoms with Gasteiger partial charge in [-0.2, -0.15) is 0 Å². The molecule has 2 rings (SSSR count). The van der Waals surface area contributed by atoms with E-state index in [-0.39, 0.29) is 24.4 Å². The molecule has 0 saturated carbocycles. The summed E-state index contributed by atoms with van der Waals surface area (Å²) in [5, 5.41) is 8.79. The van der Waals surface area contributed by atoms with Gasteiger partial charge < -0.3 is 16.0 Å². The Morgan fingerprint density at radius 3 is 2.17 bits per heavy atom. The van der Waals surface area contributed by atoms with Gasteiger partial charge in [-0.3, -0.25) is 9.59 Å². The van der Waals surface area contributed by atoms with Crippen molar-refractivity contribution in [1.29, 1.82) is 0 Å². The molecular weight excluding hydrogens is 302 g/mol. The lowest BCUT2D eigenvalue weighted by molar-refractivity contribution is -0.116. The fourth-order valence-corrected chi connectivity index (χ4v) is 2.23. The largest absolute Gasteiger partial charge is 0.326 e. The third-order valence-corrected chi connectivity index (χ3v) is 3.62. The Morgan fingerprint density at radius 1 is 0.917 bits per heavy atom.